The maximum atomic E-state index is 11.9. The number of carboxylic acid groups (broad SMARTS) is 1. The number of carboxylic acids is 1. The third-order valence-electron chi connectivity index (χ3n) is 3.50. The highest BCUT2D eigenvalue weighted by Gasteiger charge is 2.19. The molecular formula is C17H22N2O5. The van der Waals surface area contributed by atoms with E-state index >= 15 is 0 Å². The number of hydrogen-bond donors (Lipinski definition) is 3. The Morgan fingerprint density at radius 2 is 1.88 bits per heavy atom. The van der Waals surface area contributed by atoms with Crippen molar-refractivity contribution in [1.29, 1.82) is 0 Å². The largest absolute Gasteiger partial charge is 0.497 e. The number of nitrogens with two attached hydrogens (primary N) is 1. The molecule has 1 aromatic carbocycles. The van der Waals surface area contributed by atoms with Gasteiger partial charge in [-0.25, -0.2) is 4.79 Å². The van der Waals surface area contributed by atoms with Gasteiger partial charge < -0.3 is 20.9 Å². The number of primary amides is 1. The summed E-state index contributed by atoms with van der Waals surface area (Å²) >= 11 is 0. The highest BCUT2D eigenvalue weighted by Crippen LogP contribution is 2.22. The van der Waals surface area contributed by atoms with Gasteiger partial charge in [0.2, 0.25) is 11.8 Å². The molecule has 0 aliphatic rings. The number of amides is 2. The Balaban J connectivity index is 2.81. The number of rotatable bonds is 8. The van der Waals surface area contributed by atoms with Crippen molar-refractivity contribution in [2.24, 2.45) is 5.73 Å². The van der Waals surface area contributed by atoms with Gasteiger partial charge in [-0.15, -0.1) is 0 Å². The second kappa shape index (κ2) is 8.71. The van der Waals surface area contributed by atoms with Crippen LogP contribution in [0.3, 0.4) is 0 Å². The van der Waals surface area contributed by atoms with Crippen LogP contribution >= 0.6 is 0 Å². The normalized spacial score (nSPS) is 12.0. The molecule has 1 rings (SSSR count). The summed E-state index contributed by atoms with van der Waals surface area (Å²) in [6, 6.07) is 2.53. The molecule has 1 aromatic rings. The van der Waals surface area contributed by atoms with Gasteiger partial charge in [-0.3, -0.25) is 9.59 Å². The van der Waals surface area contributed by atoms with E-state index in [2.05, 4.69) is 5.32 Å². The number of nitrogens with one attached hydrogen (secondary N) is 1. The standard InChI is InChI=1S/C17H22N2O5/c1-10-8-12(24-3)9-11(2)13(10)4-7-16(21)19-14(17(22)23)5-6-15(18)20/h4,7-9,14H,5-6H2,1-3H3,(H2,18,20)(H,19,21)(H,22,23)/b7-4+. The van der Waals surface area contributed by atoms with Gasteiger partial charge in [0, 0.05) is 12.5 Å². The summed E-state index contributed by atoms with van der Waals surface area (Å²) in [7, 11) is 1.58. The minimum absolute atomic E-state index is 0.0508. The summed E-state index contributed by atoms with van der Waals surface area (Å²) in [6.07, 6.45) is 2.72. The Hall–Kier alpha value is -2.83. The van der Waals surface area contributed by atoms with Crippen LogP contribution in [0.5, 0.6) is 5.75 Å². The molecule has 4 N–H and O–H groups in total. The molecule has 130 valence electrons. The van der Waals surface area contributed by atoms with Crippen molar-refractivity contribution in [2.75, 3.05) is 7.11 Å². The Kier molecular flexibility index (Phi) is 6.98. The van der Waals surface area contributed by atoms with Crippen LogP contribution in [0, 0.1) is 13.8 Å². The molecule has 0 saturated carbocycles. The van der Waals surface area contributed by atoms with Gasteiger partial charge >= 0.3 is 5.97 Å². The number of ether oxygens (including phenoxy) is 1. The molecule has 0 radical (unpaired) electrons. The Morgan fingerprint density at radius 1 is 1.29 bits per heavy atom. The number of carbonyl (C=O) groups is 3. The number of aliphatic carboxylic acids is 1. The molecule has 1 unspecified atom stereocenters. The topological polar surface area (TPSA) is 119 Å². The molecule has 0 fully saturated rings. The van der Waals surface area contributed by atoms with Crippen LogP contribution < -0.4 is 15.8 Å². The van der Waals surface area contributed by atoms with E-state index in [-0.39, 0.29) is 12.8 Å². The first-order valence-electron chi connectivity index (χ1n) is 7.39. The lowest BCUT2D eigenvalue weighted by molar-refractivity contribution is -0.141. The predicted octanol–water partition coefficient (Wildman–Crippen LogP) is 1.16. The average molecular weight is 334 g/mol. The fourth-order valence-electron chi connectivity index (χ4n) is 2.24. The summed E-state index contributed by atoms with van der Waals surface area (Å²) in [5.74, 6) is -1.66. The van der Waals surface area contributed by atoms with Crippen LogP contribution in [0.15, 0.2) is 18.2 Å². The van der Waals surface area contributed by atoms with Gasteiger partial charge in [0.1, 0.15) is 11.8 Å². The van der Waals surface area contributed by atoms with Crippen molar-refractivity contribution in [1.82, 2.24) is 5.32 Å². The molecule has 0 aliphatic carbocycles. The van der Waals surface area contributed by atoms with E-state index in [0.717, 1.165) is 22.4 Å². The van der Waals surface area contributed by atoms with Crippen LogP contribution in [0.2, 0.25) is 0 Å². The fourth-order valence-corrected chi connectivity index (χ4v) is 2.24. The molecule has 7 nitrogen and oxygen atoms in total. The lowest BCUT2D eigenvalue weighted by atomic mass is 10.0. The molecule has 0 heterocycles. The fraction of sp³-hybridized carbons (Fsp3) is 0.353. The van der Waals surface area contributed by atoms with Crippen LogP contribution in [0.25, 0.3) is 6.08 Å². The second-order valence-corrected chi connectivity index (χ2v) is 5.41. The smallest absolute Gasteiger partial charge is 0.326 e. The molecule has 0 saturated heterocycles. The predicted molar refractivity (Wildman–Crippen MR) is 89.5 cm³/mol. The van der Waals surface area contributed by atoms with Gasteiger partial charge in [0.05, 0.1) is 7.11 Å². The zero-order valence-electron chi connectivity index (χ0n) is 14.0. The molecule has 0 aromatic heterocycles. The van der Waals surface area contributed by atoms with E-state index in [1.165, 1.54) is 6.08 Å². The molecule has 2 amide bonds. The average Bonchev–Trinajstić information content (AvgIpc) is 2.49. The summed E-state index contributed by atoms with van der Waals surface area (Å²) in [5.41, 5.74) is 7.71. The van der Waals surface area contributed by atoms with Crippen LogP contribution in [-0.4, -0.2) is 36.0 Å². The molecule has 0 bridgehead atoms. The van der Waals surface area contributed by atoms with Crippen LogP contribution in [0.1, 0.15) is 29.5 Å². The molecule has 24 heavy (non-hydrogen) atoms. The zero-order valence-corrected chi connectivity index (χ0v) is 14.0. The summed E-state index contributed by atoms with van der Waals surface area (Å²) < 4.78 is 5.18. The highest BCUT2D eigenvalue weighted by atomic mass is 16.5. The first kappa shape index (κ1) is 19.2. The summed E-state index contributed by atoms with van der Waals surface area (Å²) in [5, 5.41) is 11.4. The van der Waals surface area contributed by atoms with E-state index < -0.39 is 23.8 Å². The monoisotopic (exact) mass is 334 g/mol. The zero-order chi connectivity index (χ0) is 18.3. The number of hydrogen-bond acceptors (Lipinski definition) is 4. The first-order chi connectivity index (χ1) is 11.2. The number of benzene rings is 1. The van der Waals surface area contributed by atoms with Crippen molar-refractivity contribution in [3.8, 4) is 5.75 Å². The van der Waals surface area contributed by atoms with Crippen molar-refractivity contribution in [2.45, 2.75) is 32.7 Å². The van der Waals surface area contributed by atoms with Crippen molar-refractivity contribution in [3.05, 3.63) is 34.9 Å². The number of aryl methyl sites for hydroxylation is 2. The molecule has 7 heteroatoms. The van der Waals surface area contributed by atoms with E-state index in [9.17, 15) is 14.4 Å². The van der Waals surface area contributed by atoms with Crippen molar-refractivity contribution < 1.29 is 24.2 Å². The molecule has 0 aliphatic heterocycles. The number of methoxy groups -OCH3 is 1. The molecule has 1 atom stereocenters. The Bertz CT molecular complexity index is 644. The van der Waals surface area contributed by atoms with E-state index in [4.69, 9.17) is 15.6 Å². The maximum Gasteiger partial charge on any atom is 0.326 e. The first-order valence-corrected chi connectivity index (χ1v) is 7.39. The van der Waals surface area contributed by atoms with Crippen molar-refractivity contribution >= 4 is 23.9 Å². The Labute approximate surface area is 140 Å². The third kappa shape index (κ3) is 5.75. The summed E-state index contributed by atoms with van der Waals surface area (Å²) in [6.45, 7) is 3.78. The number of carbonyl (C=O) groups excluding carboxylic acids is 2. The van der Waals surface area contributed by atoms with Gasteiger partial charge in [0.15, 0.2) is 0 Å². The quantitative estimate of drug-likeness (QED) is 0.616. The Morgan fingerprint density at radius 3 is 2.33 bits per heavy atom. The van der Waals surface area contributed by atoms with Crippen molar-refractivity contribution in [3.63, 3.8) is 0 Å². The SMILES string of the molecule is COc1cc(C)c(/C=C/C(=O)NC(CCC(N)=O)C(=O)O)c(C)c1. The minimum atomic E-state index is -1.21. The minimum Gasteiger partial charge on any atom is -0.497 e. The van der Waals surface area contributed by atoms with Crippen LogP contribution in [-0.2, 0) is 14.4 Å². The highest BCUT2D eigenvalue weighted by molar-refractivity contribution is 5.94. The van der Waals surface area contributed by atoms with E-state index in [0.29, 0.717) is 0 Å². The van der Waals surface area contributed by atoms with Gasteiger partial charge in [-0.2, -0.15) is 0 Å². The van der Waals surface area contributed by atoms with Gasteiger partial charge in [-0.05, 0) is 55.2 Å². The van der Waals surface area contributed by atoms with Gasteiger partial charge in [0.25, 0.3) is 0 Å². The van der Waals surface area contributed by atoms with Crippen LogP contribution in [0.4, 0.5) is 0 Å². The second-order valence-electron chi connectivity index (χ2n) is 5.41. The molecular weight excluding hydrogens is 312 g/mol. The maximum absolute atomic E-state index is 11.9. The molecule has 0 spiro atoms. The lowest BCUT2D eigenvalue weighted by Gasteiger charge is -2.12. The summed E-state index contributed by atoms with van der Waals surface area (Å²) in [4.78, 5) is 33.8. The van der Waals surface area contributed by atoms with E-state index in [1.54, 1.807) is 13.2 Å². The van der Waals surface area contributed by atoms with Gasteiger partial charge in [-0.1, -0.05) is 0 Å². The lowest BCUT2D eigenvalue weighted by Crippen LogP contribution is -2.40. The third-order valence-corrected chi connectivity index (χ3v) is 3.50. The van der Waals surface area contributed by atoms with E-state index in [1.807, 2.05) is 26.0 Å².